The minimum Gasteiger partial charge on any atom is -0.506 e. The van der Waals surface area contributed by atoms with Gasteiger partial charge >= 0.3 is 0 Å². The molecule has 0 bridgehead atoms. The summed E-state index contributed by atoms with van der Waals surface area (Å²) in [4.78, 5) is 30.0. The predicted octanol–water partition coefficient (Wildman–Crippen LogP) is 0.457. The Morgan fingerprint density at radius 1 is 0.947 bits per heavy atom. The number of hydrogen-bond donors (Lipinski definition) is 7. The van der Waals surface area contributed by atoms with Gasteiger partial charge in [0.25, 0.3) is 0 Å². The van der Waals surface area contributed by atoms with Gasteiger partial charge in [-0.25, -0.2) is 0 Å². The molecular formula is C24H40ClN11O2. The number of benzene rings is 1. The summed E-state index contributed by atoms with van der Waals surface area (Å²) < 4.78 is 0. The van der Waals surface area contributed by atoms with Gasteiger partial charge in [0.2, 0.25) is 23.8 Å². The number of phenolic OH excluding ortho intramolecular Hbond substituents is 1. The van der Waals surface area contributed by atoms with Crippen LogP contribution in [0.4, 0.5) is 29.2 Å². The van der Waals surface area contributed by atoms with Gasteiger partial charge < -0.3 is 48.5 Å². The molecule has 0 unspecified atom stereocenters. The number of carbonyl (C=O) groups excluding carboxylic acids is 1. The van der Waals surface area contributed by atoms with Crippen LogP contribution in [0.3, 0.4) is 0 Å². The lowest BCUT2D eigenvalue weighted by Gasteiger charge is -2.37. The van der Waals surface area contributed by atoms with Crippen LogP contribution in [-0.2, 0) is 4.79 Å². The van der Waals surface area contributed by atoms with E-state index >= 15 is 0 Å². The lowest BCUT2D eigenvalue weighted by atomic mass is 10.0. The third kappa shape index (κ3) is 7.77. The van der Waals surface area contributed by atoms with Crippen molar-refractivity contribution in [3.63, 3.8) is 0 Å². The number of nitrogens with one attached hydrogen (secondary N) is 2. The number of nitrogens with two attached hydrogens (primary N) is 4. The molecule has 3 heterocycles. The Balaban J connectivity index is 0.00000400. The van der Waals surface area contributed by atoms with E-state index in [4.69, 9.17) is 27.9 Å². The third-order valence-corrected chi connectivity index (χ3v) is 6.33. The third-order valence-electron chi connectivity index (χ3n) is 6.33. The molecule has 0 spiro atoms. The first kappa shape index (κ1) is 29.6. The SMILES string of the molecule is CC(C)CC(=O)Nc1ccc(Nc2nc(N3C[C@H](N)C[C@H](N)C3)nc(N3C[C@H](N)C[C@H](N)C3)n2)cc1O.Cl. The van der Waals surface area contributed by atoms with Crippen molar-refractivity contribution in [2.45, 2.75) is 57.3 Å². The Hall–Kier alpha value is -2.97. The number of carbonyl (C=O) groups is 1. The summed E-state index contributed by atoms with van der Waals surface area (Å²) >= 11 is 0. The van der Waals surface area contributed by atoms with Crippen LogP contribution in [0.2, 0.25) is 0 Å². The minimum absolute atomic E-state index is 0. The van der Waals surface area contributed by atoms with Crippen LogP contribution >= 0.6 is 12.4 Å². The van der Waals surface area contributed by atoms with Crippen molar-refractivity contribution in [1.82, 2.24) is 15.0 Å². The quantitative estimate of drug-likeness (QED) is 0.235. The molecule has 2 aliphatic heterocycles. The van der Waals surface area contributed by atoms with Crippen molar-refractivity contribution in [3.05, 3.63) is 18.2 Å². The van der Waals surface area contributed by atoms with E-state index in [-0.39, 0.29) is 60.1 Å². The number of amides is 1. The highest BCUT2D eigenvalue weighted by atomic mass is 35.5. The van der Waals surface area contributed by atoms with E-state index in [0.717, 1.165) is 12.8 Å². The van der Waals surface area contributed by atoms with E-state index in [1.807, 2.05) is 23.6 Å². The predicted molar refractivity (Wildman–Crippen MR) is 152 cm³/mol. The lowest BCUT2D eigenvalue weighted by molar-refractivity contribution is -0.116. The summed E-state index contributed by atoms with van der Waals surface area (Å²) in [5.74, 6) is 1.17. The fraction of sp³-hybridized carbons (Fsp3) is 0.583. The zero-order chi connectivity index (χ0) is 26.7. The molecule has 14 heteroatoms. The van der Waals surface area contributed by atoms with Crippen molar-refractivity contribution in [2.24, 2.45) is 28.9 Å². The van der Waals surface area contributed by atoms with Crippen LogP contribution in [0.25, 0.3) is 0 Å². The van der Waals surface area contributed by atoms with Crippen LogP contribution in [0.5, 0.6) is 5.75 Å². The largest absolute Gasteiger partial charge is 0.506 e. The van der Waals surface area contributed by atoms with Gasteiger partial charge in [0.05, 0.1) is 5.69 Å². The van der Waals surface area contributed by atoms with Gasteiger partial charge in [-0.1, -0.05) is 13.8 Å². The van der Waals surface area contributed by atoms with Crippen molar-refractivity contribution >= 4 is 47.5 Å². The smallest absolute Gasteiger partial charge is 0.233 e. The Morgan fingerprint density at radius 2 is 1.45 bits per heavy atom. The van der Waals surface area contributed by atoms with Crippen LogP contribution in [0, 0.1) is 5.92 Å². The Bertz CT molecular complexity index is 1040. The van der Waals surface area contributed by atoms with Gasteiger partial charge in [0, 0.05) is 68.5 Å². The standard InChI is InChI=1S/C24H39N11O2.ClH/c1-13(2)5-21(37)30-19-4-3-18(8-20(19)36)29-22-31-23(34-9-14(25)6-15(26)10-34)33-24(32-22)35-11-16(27)7-17(28)12-35;/h3-4,8,13-17,36H,5-7,9-12,25-28H2,1-2H3,(H,30,37)(H,29,31,32,33);1H/t14-,15+,16-,17+;. The van der Waals surface area contributed by atoms with Gasteiger partial charge in [0.1, 0.15) is 5.75 Å². The van der Waals surface area contributed by atoms with Crippen molar-refractivity contribution in [2.75, 3.05) is 46.6 Å². The zero-order valence-corrected chi connectivity index (χ0v) is 22.7. The molecule has 4 rings (SSSR count). The van der Waals surface area contributed by atoms with E-state index in [0.29, 0.717) is 55.9 Å². The number of piperidine rings is 2. The molecule has 2 saturated heterocycles. The van der Waals surface area contributed by atoms with Gasteiger partial charge in [-0.2, -0.15) is 15.0 Å². The van der Waals surface area contributed by atoms with E-state index < -0.39 is 0 Å². The molecule has 1 amide bonds. The number of aromatic hydroxyl groups is 1. The first-order chi connectivity index (χ1) is 17.5. The summed E-state index contributed by atoms with van der Waals surface area (Å²) in [5.41, 5.74) is 25.7. The average molecular weight is 550 g/mol. The molecule has 1 aromatic carbocycles. The highest BCUT2D eigenvalue weighted by molar-refractivity contribution is 5.92. The Morgan fingerprint density at radius 3 is 1.89 bits per heavy atom. The fourth-order valence-electron chi connectivity index (χ4n) is 4.79. The molecule has 1 aromatic heterocycles. The molecule has 210 valence electrons. The second-order valence-corrected chi connectivity index (χ2v) is 10.6. The summed E-state index contributed by atoms with van der Waals surface area (Å²) in [6.45, 7) is 6.20. The highest BCUT2D eigenvalue weighted by Gasteiger charge is 2.28. The second-order valence-electron chi connectivity index (χ2n) is 10.6. The number of halogens is 1. The van der Waals surface area contributed by atoms with Crippen molar-refractivity contribution in [1.29, 1.82) is 0 Å². The van der Waals surface area contributed by atoms with Crippen LogP contribution < -0.4 is 43.4 Å². The molecule has 2 fully saturated rings. The minimum atomic E-state index is -0.159. The van der Waals surface area contributed by atoms with E-state index in [9.17, 15) is 9.90 Å². The monoisotopic (exact) mass is 549 g/mol. The fourth-order valence-corrected chi connectivity index (χ4v) is 4.79. The Labute approximate surface area is 229 Å². The van der Waals surface area contributed by atoms with Gasteiger partial charge in [0.15, 0.2) is 0 Å². The van der Waals surface area contributed by atoms with Crippen LogP contribution in [0.1, 0.15) is 33.1 Å². The number of hydrogen-bond acceptors (Lipinski definition) is 12. The maximum absolute atomic E-state index is 12.1. The lowest BCUT2D eigenvalue weighted by Crippen LogP contribution is -2.54. The zero-order valence-electron chi connectivity index (χ0n) is 21.9. The van der Waals surface area contributed by atoms with Crippen molar-refractivity contribution < 1.29 is 9.90 Å². The summed E-state index contributed by atoms with van der Waals surface area (Å²) in [5, 5.41) is 16.4. The van der Waals surface area contributed by atoms with Crippen molar-refractivity contribution in [3.8, 4) is 5.75 Å². The second kappa shape index (κ2) is 12.7. The van der Waals surface area contributed by atoms with E-state index in [2.05, 4.69) is 20.6 Å². The molecule has 2 aliphatic rings. The first-order valence-corrected chi connectivity index (χ1v) is 12.7. The molecule has 0 saturated carbocycles. The topological polar surface area (TPSA) is 211 Å². The summed E-state index contributed by atoms with van der Waals surface area (Å²) in [6.07, 6.45) is 1.83. The van der Waals surface area contributed by atoms with Gasteiger partial charge in [-0.3, -0.25) is 4.79 Å². The number of nitrogens with zero attached hydrogens (tertiary/aromatic N) is 5. The molecular weight excluding hydrogens is 510 g/mol. The molecule has 0 radical (unpaired) electrons. The maximum Gasteiger partial charge on any atom is 0.233 e. The number of aromatic nitrogens is 3. The van der Waals surface area contributed by atoms with E-state index in [1.54, 1.807) is 12.1 Å². The number of rotatable bonds is 7. The van der Waals surface area contributed by atoms with Crippen LogP contribution in [-0.4, -0.2) is 76.3 Å². The van der Waals surface area contributed by atoms with Crippen LogP contribution in [0.15, 0.2) is 18.2 Å². The van der Waals surface area contributed by atoms with Gasteiger partial charge in [-0.05, 0) is 30.9 Å². The molecule has 0 aliphatic carbocycles. The van der Waals surface area contributed by atoms with Gasteiger partial charge in [-0.15, -0.1) is 12.4 Å². The molecule has 13 nitrogen and oxygen atoms in total. The molecule has 2 aromatic rings. The molecule has 11 N–H and O–H groups in total. The maximum atomic E-state index is 12.1. The van der Waals surface area contributed by atoms with E-state index in [1.165, 1.54) is 6.07 Å². The molecule has 4 atom stereocenters. The highest BCUT2D eigenvalue weighted by Crippen LogP contribution is 2.29. The summed E-state index contributed by atoms with van der Waals surface area (Å²) in [6, 6.07) is 4.51. The number of anilines is 5. The Kier molecular flexibility index (Phi) is 9.90. The molecule has 38 heavy (non-hydrogen) atoms. The number of phenols is 1. The average Bonchev–Trinajstić information content (AvgIpc) is 2.79. The first-order valence-electron chi connectivity index (χ1n) is 12.7. The summed E-state index contributed by atoms with van der Waals surface area (Å²) in [7, 11) is 0. The normalized spacial score (nSPS) is 23.7.